The van der Waals surface area contributed by atoms with Gasteiger partial charge >= 0.3 is 0 Å². The second-order valence-electron chi connectivity index (χ2n) is 8.39. The highest BCUT2D eigenvalue weighted by molar-refractivity contribution is 5.95. The number of carbonyl (C=O) groups is 1. The van der Waals surface area contributed by atoms with Crippen molar-refractivity contribution in [3.05, 3.63) is 60.3 Å². The lowest BCUT2D eigenvalue weighted by Gasteiger charge is -2.29. The third-order valence-corrected chi connectivity index (χ3v) is 5.91. The van der Waals surface area contributed by atoms with Crippen molar-refractivity contribution in [3.63, 3.8) is 0 Å². The number of benzene rings is 2. The summed E-state index contributed by atoms with van der Waals surface area (Å²) in [5.41, 5.74) is 1.73. The van der Waals surface area contributed by atoms with Gasteiger partial charge in [0, 0.05) is 43.0 Å². The summed E-state index contributed by atoms with van der Waals surface area (Å²) in [6.07, 6.45) is 4.23. The normalized spacial score (nSPS) is 16.2. The maximum absolute atomic E-state index is 12.8. The number of nitrogens with zero attached hydrogens (tertiary/aromatic N) is 2. The van der Waals surface area contributed by atoms with Crippen molar-refractivity contribution in [3.8, 4) is 11.5 Å². The van der Waals surface area contributed by atoms with Crippen molar-refractivity contribution in [1.29, 1.82) is 0 Å². The van der Waals surface area contributed by atoms with Gasteiger partial charge in [-0.3, -0.25) is 4.79 Å². The highest BCUT2D eigenvalue weighted by Gasteiger charge is 2.20. The number of rotatable bonds is 7. The summed E-state index contributed by atoms with van der Waals surface area (Å²) in [6, 6.07) is 15.7. The molecule has 0 saturated carbocycles. The topological polar surface area (TPSA) is 55.7 Å². The summed E-state index contributed by atoms with van der Waals surface area (Å²) in [5, 5.41) is 4.29. The van der Waals surface area contributed by atoms with Crippen LogP contribution in [0.15, 0.2) is 54.7 Å². The van der Waals surface area contributed by atoms with Crippen LogP contribution in [0, 0.1) is 0 Å². The second kappa shape index (κ2) is 9.43. The van der Waals surface area contributed by atoms with Crippen LogP contribution in [0.2, 0.25) is 0 Å². The molecule has 0 bridgehead atoms. The molecule has 1 atom stereocenters. The van der Waals surface area contributed by atoms with Gasteiger partial charge in [-0.25, -0.2) is 0 Å². The van der Waals surface area contributed by atoms with E-state index in [1.54, 1.807) is 19.2 Å². The highest BCUT2D eigenvalue weighted by Crippen LogP contribution is 2.30. The van der Waals surface area contributed by atoms with Crippen LogP contribution >= 0.6 is 0 Å². The molecule has 6 nitrogen and oxygen atoms in total. The molecule has 2 heterocycles. The number of piperidine rings is 1. The molecule has 1 amide bonds. The highest BCUT2D eigenvalue weighted by atomic mass is 16.5. The van der Waals surface area contributed by atoms with Crippen LogP contribution in [0.25, 0.3) is 10.9 Å². The van der Waals surface area contributed by atoms with Crippen LogP contribution in [0.5, 0.6) is 11.5 Å². The first-order valence-corrected chi connectivity index (χ1v) is 10.9. The molecule has 4 rings (SSSR count). The minimum atomic E-state index is -0.117. The third-order valence-electron chi connectivity index (χ3n) is 5.91. The number of likely N-dealkylation sites (tertiary alicyclic amines) is 1. The maximum Gasteiger partial charge on any atom is 0.251 e. The molecule has 1 saturated heterocycles. The Balaban J connectivity index is 1.39. The quantitative estimate of drug-likeness (QED) is 0.628. The summed E-state index contributed by atoms with van der Waals surface area (Å²) in [6.45, 7) is 4.78. The number of carbonyl (C=O) groups excluding carboxylic acids is 1. The number of hydrogen-bond donors (Lipinski definition) is 1. The number of hydrogen-bond acceptors (Lipinski definition) is 4. The first-order valence-electron chi connectivity index (χ1n) is 10.9. The predicted octanol–water partition coefficient (Wildman–Crippen LogP) is 3.94. The van der Waals surface area contributed by atoms with Gasteiger partial charge in [0.2, 0.25) is 0 Å². The molecule has 1 N–H and O–H groups in total. The molecule has 3 aromatic rings. The van der Waals surface area contributed by atoms with Gasteiger partial charge in [0.15, 0.2) is 11.5 Å². The lowest BCUT2D eigenvalue weighted by Crippen LogP contribution is -2.36. The molecule has 164 valence electrons. The van der Waals surface area contributed by atoms with Gasteiger partial charge in [-0.1, -0.05) is 18.2 Å². The Morgan fingerprint density at radius 1 is 1.13 bits per heavy atom. The number of amides is 1. The van der Waals surface area contributed by atoms with Gasteiger partial charge in [0.05, 0.1) is 7.11 Å². The third kappa shape index (κ3) is 5.02. The van der Waals surface area contributed by atoms with E-state index in [4.69, 9.17) is 9.47 Å². The van der Waals surface area contributed by atoms with Crippen LogP contribution in [0.3, 0.4) is 0 Å². The molecule has 1 aliphatic heterocycles. The predicted molar refractivity (Wildman–Crippen MR) is 123 cm³/mol. The summed E-state index contributed by atoms with van der Waals surface area (Å²) in [4.78, 5) is 15.1. The number of fused-ring (bicyclic) bond motifs is 1. The molecule has 1 fully saturated rings. The Morgan fingerprint density at radius 3 is 2.68 bits per heavy atom. The molecular formula is C25H31N3O3. The lowest BCUT2D eigenvalue weighted by molar-refractivity contribution is 0.0936. The van der Waals surface area contributed by atoms with E-state index in [2.05, 4.69) is 46.2 Å². The lowest BCUT2D eigenvalue weighted by atomic mass is 10.1. The number of ether oxygens (including phenoxy) is 2. The average Bonchev–Trinajstić information content (AvgIpc) is 3.18. The van der Waals surface area contributed by atoms with Crippen LogP contribution in [0.4, 0.5) is 0 Å². The van der Waals surface area contributed by atoms with E-state index in [-0.39, 0.29) is 18.1 Å². The van der Waals surface area contributed by atoms with Gasteiger partial charge in [-0.05, 0) is 62.5 Å². The van der Waals surface area contributed by atoms with Crippen LogP contribution in [0.1, 0.15) is 30.1 Å². The second-order valence-corrected chi connectivity index (χ2v) is 8.39. The maximum atomic E-state index is 12.8. The molecule has 6 heteroatoms. The standard InChI is InChI=1S/C25H31N3O3/c1-18(17-28-15-10-19-6-4-5-7-22(19)28)26-25(29)20-8-9-23(24(16-20)30-3)31-21-11-13-27(2)14-12-21/h4-10,15-16,18,21H,11-14,17H2,1-3H3,(H,26,29)/t18-/m1/s1. The fourth-order valence-corrected chi connectivity index (χ4v) is 4.14. The summed E-state index contributed by atoms with van der Waals surface area (Å²) in [5.74, 6) is 1.17. The zero-order chi connectivity index (χ0) is 21.8. The zero-order valence-corrected chi connectivity index (χ0v) is 18.5. The van der Waals surface area contributed by atoms with Crippen LogP contribution in [-0.4, -0.2) is 54.8 Å². The fraction of sp³-hybridized carbons (Fsp3) is 0.400. The molecule has 31 heavy (non-hydrogen) atoms. The molecule has 1 aromatic heterocycles. The van der Waals surface area contributed by atoms with Gasteiger partial charge in [0.25, 0.3) is 5.91 Å². The summed E-state index contributed by atoms with van der Waals surface area (Å²) in [7, 11) is 3.74. The molecule has 0 unspecified atom stereocenters. The number of nitrogens with one attached hydrogen (secondary N) is 1. The first kappa shape index (κ1) is 21.2. The monoisotopic (exact) mass is 421 g/mol. The van der Waals surface area contributed by atoms with E-state index in [9.17, 15) is 4.79 Å². The van der Waals surface area contributed by atoms with Crippen molar-refractivity contribution in [2.75, 3.05) is 27.2 Å². The van der Waals surface area contributed by atoms with Crippen molar-refractivity contribution < 1.29 is 14.3 Å². The van der Waals surface area contributed by atoms with Gasteiger partial charge in [-0.15, -0.1) is 0 Å². The summed E-state index contributed by atoms with van der Waals surface area (Å²) >= 11 is 0. The Hall–Kier alpha value is -2.99. The Kier molecular flexibility index (Phi) is 6.47. The fourth-order valence-electron chi connectivity index (χ4n) is 4.14. The average molecular weight is 422 g/mol. The van der Waals surface area contributed by atoms with E-state index in [1.807, 2.05) is 25.1 Å². The number of methoxy groups -OCH3 is 1. The van der Waals surface area contributed by atoms with E-state index < -0.39 is 0 Å². The van der Waals surface area contributed by atoms with Crippen molar-refractivity contribution in [2.24, 2.45) is 0 Å². The Bertz CT molecular complexity index is 1040. The van der Waals surface area contributed by atoms with E-state index in [1.165, 1.54) is 10.9 Å². The van der Waals surface area contributed by atoms with Crippen LogP contribution < -0.4 is 14.8 Å². The smallest absolute Gasteiger partial charge is 0.251 e. The zero-order valence-electron chi connectivity index (χ0n) is 18.5. The molecule has 0 radical (unpaired) electrons. The SMILES string of the molecule is COc1cc(C(=O)N[C@H](C)Cn2ccc3ccccc32)ccc1OC1CCN(C)CC1. The first-order chi connectivity index (χ1) is 15.0. The Labute approximate surface area is 183 Å². The molecule has 0 spiro atoms. The van der Waals surface area contributed by atoms with Gasteiger partial charge in [0.1, 0.15) is 6.10 Å². The molecule has 1 aliphatic rings. The van der Waals surface area contributed by atoms with E-state index >= 15 is 0 Å². The molecule has 2 aromatic carbocycles. The number of para-hydroxylation sites is 1. The van der Waals surface area contributed by atoms with Crippen molar-refractivity contribution in [2.45, 2.75) is 38.5 Å². The van der Waals surface area contributed by atoms with E-state index in [0.717, 1.165) is 25.9 Å². The Morgan fingerprint density at radius 2 is 1.90 bits per heavy atom. The number of aromatic nitrogens is 1. The minimum absolute atomic E-state index is 0.0237. The van der Waals surface area contributed by atoms with Crippen molar-refractivity contribution >= 4 is 16.8 Å². The summed E-state index contributed by atoms with van der Waals surface area (Å²) < 4.78 is 13.8. The molecule has 0 aliphatic carbocycles. The van der Waals surface area contributed by atoms with E-state index in [0.29, 0.717) is 23.6 Å². The van der Waals surface area contributed by atoms with Crippen LogP contribution in [-0.2, 0) is 6.54 Å². The van der Waals surface area contributed by atoms with Gasteiger partial charge < -0.3 is 24.3 Å². The largest absolute Gasteiger partial charge is 0.493 e. The van der Waals surface area contributed by atoms with Gasteiger partial charge in [-0.2, -0.15) is 0 Å². The molecular weight excluding hydrogens is 390 g/mol. The minimum Gasteiger partial charge on any atom is -0.493 e. The van der Waals surface area contributed by atoms with Crippen molar-refractivity contribution in [1.82, 2.24) is 14.8 Å².